The maximum atomic E-state index is 14.4. The summed E-state index contributed by atoms with van der Waals surface area (Å²) in [6.45, 7) is 1.70. The van der Waals surface area contributed by atoms with Gasteiger partial charge >= 0.3 is 0 Å². The molecular formula is C21H22FN5O2. The van der Waals surface area contributed by atoms with Crippen LogP contribution in [0, 0.1) is 5.82 Å². The van der Waals surface area contributed by atoms with E-state index < -0.39 is 0 Å². The van der Waals surface area contributed by atoms with E-state index in [1.54, 1.807) is 36.4 Å². The molecule has 0 saturated carbocycles. The Morgan fingerprint density at radius 1 is 1.17 bits per heavy atom. The summed E-state index contributed by atoms with van der Waals surface area (Å²) in [6.07, 6.45) is 5.75. The smallest absolute Gasteiger partial charge is 0.195 e. The minimum atomic E-state index is -0.312. The lowest BCUT2D eigenvalue weighted by atomic mass is 10.2. The van der Waals surface area contributed by atoms with Gasteiger partial charge in [0.05, 0.1) is 25.2 Å². The van der Waals surface area contributed by atoms with Crippen LogP contribution in [0.2, 0.25) is 0 Å². The standard InChI is InChI=1S/C21H22FN5O2/c1-23-21(26-16-4-6-19-20(12-16)29-10-2-9-28-19)25-13-15-3-5-18(17(22)11-15)27-8-7-24-14-27/h3-8,11-12,14H,2,9-10,13H2,1H3,(H2,23,25,26). The number of ether oxygens (including phenoxy) is 2. The number of hydrogen-bond donors (Lipinski definition) is 2. The number of hydrogen-bond acceptors (Lipinski definition) is 4. The van der Waals surface area contributed by atoms with Crippen molar-refractivity contribution in [1.82, 2.24) is 14.9 Å². The molecule has 7 nitrogen and oxygen atoms in total. The van der Waals surface area contributed by atoms with Gasteiger partial charge in [0.2, 0.25) is 0 Å². The second-order valence-corrected chi connectivity index (χ2v) is 6.52. The molecule has 0 saturated heterocycles. The summed E-state index contributed by atoms with van der Waals surface area (Å²) >= 11 is 0. The van der Waals surface area contributed by atoms with Crippen LogP contribution in [0.1, 0.15) is 12.0 Å². The zero-order valence-electron chi connectivity index (χ0n) is 16.1. The summed E-state index contributed by atoms with van der Waals surface area (Å²) in [4.78, 5) is 8.17. The molecule has 0 atom stereocenters. The van der Waals surface area contributed by atoms with Gasteiger partial charge in [-0.25, -0.2) is 9.37 Å². The number of guanidine groups is 1. The van der Waals surface area contributed by atoms with E-state index in [0.29, 0.717) is 37.2 Å². The zero-order valence-corrected chi connectivity index (χ0v) is 16.1. The Kier molecular flexibility index (Phi) is 5.60. The Bertz CT molecular complexity index is 1000. The average Bonchev–Trinajstić information content (AvgIpc) is 3.16. The molecule has 0 aliphatic carbocycles. The lowest BCUT2D eigenvalue weighted by Crippen LogP contribution is -2.30. The van der Waals surface area contributed by atoms with Gasteiger partial charge in [0.15, 0.2) is 17.5 Å². The van der Waals surface area contributed by atoms with E-state index in [0.717, 1.165) is 23.4 Å². The topological polar surface area (TPSA) is 72.7 Å². The normalized spacial score (nSPS) is 13.7. The molecule has 2 heterocycles. The van der Waals surface area contributed by atoms with Crippen molar-refractivity contribution in [3.05, 3.63) is 66.5 Å². The van der Waals surface area contributed by atoms with E-state index in [1.807, 2.05) is 24.3 Å². The first-order valence-electron chi connectivity index (χ1n) is 9.37. The summed E-state index contributed by atoms with van der Waals surface area (Å²) in [7, 11) is 1.68. The molecule has 0 unspecified atom stereocenters. The van der Waals surface area contributed by atoms with Gasteiger partial charge in [-0.1, -0.05) is 6.07 Å². The Balaban J connectivity index is 1.40. The highest BCUT2D eigenvalue weighted by Crippen LogP contribution is 2.32. The summed E-state index contributed by atoms with van der Waals surface area (Å²) in [5, 5.41) is 6.40. The molecule has 1 aliphatic rings. The number of aromatic nitrogens is 2. The van der Waals surface area contributed by atoms with E-state index in [1.165, 1.54) is 6.07 Å². The van der Waals surface area contributed by atoms with Crippen molar-refractivity contribution in [3.63, 3.8) is 0 Å². The predicted octanol–water partition coefficient (Wildman–Crippen LogP) is 3.36. The fourth-order valence-corrected chi connectivity index (χ4v) is 3.01. The van der Waals surface area contributed by atoms with Gasteiger partial charge in [-0.05, 0) is 29.8 Å². The van der Waals surface area contributed by atoms with Gasteiger partial charge in [-0.15, -0.1) is 0 Å². The Labute approximate surface area is 168 Å². The van der Waals surface area contributed by atoms with Crippen LogP contribution in [0.3, 0.4) is 0 Å². The molecule has 0 amide bonds. The number of nitrogens with one attached hydrogen (secondary N) is 2. The van der Waals surface area contributed by atoms with Gasteiger partial charge in [0.25, 0.3) is 0 Å². The maximum Gasteiger partial charge on any atom is 0.195 e. The van der Waals surface area contributed by atoms with Gasteiger partial charge in [-0.2, -0.15) is 0 Å². The van der Waals surface area contributed by atoms with Crippen LogP contribution >= 0.6 is 0 Å². The minimum absolute atomic E-state index is 0.312. The molecule has 0 spiro atoms. The molecule has 0 fully saturated rings. The largest absolute Gasteiger partial charge is 0.490 e. The molecule has 2 N–H and O–H groups in total. The lowest BCUT2D eigenvalue weighted by Gasteiger charge is -2.14. The maximum absolute atomic E-state index is 14.4. The number of benzene rings is 2. The number of anilines is 1. The monoisotopic (exact) mass is 395 g/mol. The first kappa shape index (κ1) is 18.8. The van der Waals surface area contributed by atoms with Crippen LogP contribution in [0.15, 0.2) is 60.1 Å². The van der Waals surface area contributed by atoms with Gasteiger partial charge in [-0.3, -0.25) is 4.99 Å². The second-order valence-electron chi connectivity index (χ2n) is 6.52. The third kappa shape index (κ3) is 4.48. The number of fused-ring (bicyclic) bond motifs is 1. The van der Waals surface area contributed by atoms with Crippen molar-refractivity contribution >= 4 is 11.6 Å². The Morgan fingerprint density at radius 3 is 2.79 bits per heavy atom. The molecule has 0 radical (unpaired) electrons. The van der Waals surface area contributed by atoms with Crippen LogP contribution in [0.4, 0.5) is 10.1 Å². The lowest BCUT2D eigenvalue weighted by molar-refractivity contribution is 0.297. The molecule has 8 heteroatoms. The molecule has 2 aromatic carbocycles. The van der Waals surface area contributed by atoms with Crippen LogP contribution in [0.5, 0.6) is 11.5 Å². The average molecular weight is 395 g/mol. The van der Waals surface area contributed by atoms with E-state index in [-0.39, 0.29) is 5.82 Å². The molecule has 1 aromatic heterocycles. The summed E-state index contributed by atoms with van der Waals surface area (Å²) < 4.78 is 27.4. The molecular weight excluding hydrogens is 373 g/mol. The summed E-state index contributed by atoms with van der Waals surface area (Å²) in [5.41, 5.74) is 2.08. The third-order valence-corrected chi connectivity index (χ3v) is 4.49. The predicted molar refractivity (Wildman–Crippen MR) is 109 cm³/mol. The van der Waals surface area contributed by atoms with Crippen LogP contribution < -0.4 is 20.1 Å². The highest BCUT2D eigenvalue weighted by atomic mass is 19.1. The zero-order chi connectivity index (χ0) is 20.1. The third-order valence-electron chi connectivity index (χ3n) is 4.49. The van der Waals surface area contributed by atoms with E-state index in [4.69, 9.17) is 9.47 Å². The summed E-state index contributed by atoms with van der Waals surface area (Å²) in [5.74, 6) is 1.70. The highest BCUT2D eigenvalue weighted by molar-refractivity contribution is 5.93. The van der Waals surface area contributed by atoms with Gasteiger partial charge < -0.3 is 24.7 Å². The molecule has 1 aliphatic heterocycles. The van der Waals surface area contributed by atoms with Gasteiger partial charge in [0.1, 0.15) is 5.82 Å². The quantitative estimate of drug-likeness (QED) is 0.524. The molecule has 0 bridgehead atoms. The fraction of sp³-hybridized carbons (Fsp3) is 0.238. The molecule has 150 valence electrons. The van der Waals surface area contributed by atoms with E-state index in [2.05, 4.69) is 20.6 Å². The number of halogens is 1. The van der Waals surface area contributed by atoms with Crippen LogP contribution in [-0.4, -0.2) is 35.8 Å². The summed E-state index contributed by atoms with van der Waals surface area (Å²) in [6, 6.07) is 10.8. The van der Waals surface area contributed by atoms with E-state index in [9.17, 15) is 4.39 Å². The van der Waals surface area contributed by atoms with Gasteiger partial charge in [0, 0.05) is 44.2 Å². The first-order chi connectivity index (χ1) is 14.2. The SMILES string of the molecule is CN=C(NCc1ccc(-n2ccnc2)c(F)c1)Nc1ccc2c(c1)OCCCO2. The first-order valence-corrected chi connectivity index (χ1v) is 9.37. The fourth-order valence-electron chi connectivity index (χ4n) is 3.01. The van der Waals surface area contributed by atoms with Crippen molar-refractivity contribution in [1.29, 1.82) is 0 Å². The Morgan fingerprint density at radius 2 is 2.03 bits per heavy atom. The van der Waals surface area contributed by atoms with Crippen LogP contribution in [-0.2, 0) is 6.54 Å². The number of imidazole rings is 1. The van der Waals surface area contributed by atoms with E-state index >= 15 is 0 Å². The molecule has 4 rings (SSSR count). The number of nitrogens with zero attached hydrogens (tertiary/aromatic N) is 3. The number of aliphatic imine (C=N–C) groups is 1. The van der Waals surface area contributed by atoms with Crippen molar-refractivity contribution in [2.24, 2.45) is 4.99 Å². The molecule has 3 aromatic rings. The Hall–Kier alpha value is -3.55. The molecule has 29 heavy (non-hydrogen) atoms. The van der Waals surface area contributed by atoms with Crippen molar-refractivity contribution in [2.45, 2.75) is 13.0 Å². The second kappa shape index (κ2) is 8.64. The van der Waals surface area contributed by atoms with Crippen molar-refractivity contribution in [2.75, 3.05) is 25.6 Å². The van der Waals surface area contributed by atoms with Crippen molar-refractivity contribution < 1.29 is 13.9 Å². The highest BCUT2D eigenvalue weighted by Gasteiger charge is 2.11. The van der Waals surface area contributed by atoms with Crippen LogP contribution in [0.25, 0.3) is 5.69 Å². The number of rotatable bonds is 4. The van der Waals surface area contributed by atoms with Crippen molar-refractivity contribution in [3.8, 4) is 17.2 Å². The minimum Gasteiger partial charge on any atom is -0.490 e.